The van der Waals surface area contributed by atoms with Gasteiger partial charge in [-0.15, -0.1) is 0 Å². The fraction of sp³-hybridized carbons (Fsp3) is 0.333. The SMILES string of the molecule is CN(CC(=O)Nc1cccc(CN2CCCCC2=O)c1)S(=O)(=O)c1ccc(F)cc1. The van der Waals surface area contributed by atoms with Crippen LogP contribution in [-0.2, 0) is 26.2 Å². The minimum atomic E-state index is -3.91. The first-order chi connectivity index (χ1) is 14.3. The lowest BCUT2D eigenvalue weighted by atomic mass is 10.1. The average molecular weight is 434 g/mol. The van der Waals surface area contributed by atoms with Crippen molar-refractivity contribution in [2.24, 2.45) is 0 Å². The molecule has 0 radical (unpaired) electrons. The van der Waals surface area contributed by atoms with Gasteiger partial charge in [0.05, 0.1) is 11.4 Å². The molecular formula is C21H24FN3O4S. The molecule has 1 N–H and O–H groups in total. The summed E-state index contributed by atoms with van der Waals surface area (Å²) in [4.78, 5) is 26.1. The van der Waals surface area contributed by atoms with Gasteiger partial charge < -0.3 is 10.2 Å². The second-order valence-corrected chi connectivity index (χ2v) is 9.28. The number of anilines is 1. The largest absolute Gasteiger partial charge is 0.338 e. The van der Waals surface area contributed by atoms with Gasteiger partial charge in [-0.3, -0.25) is 9.59 Å². The highest BCUT2D eigenvalue weighted by Gasteiger charge is 2.23. The Morgan fingerprint density at radius 1 is 1.17 bits per heavy atom. The second kappa shape index (κ2) is 9.36. The van der Waals surface area contributed by atoms with Crippen molar-refractivity contribution >= 4 is 27.5 Å². The number of carbonyl (C=O) groups is 2. The lowest BCUT2D eigenvalue weighted by Gasteiger charge is -2.26. The molecule has 2 amide bonds. The zero-order valence-corrected chi connectivity index (χ0v) is 17.5. The molecule has 2 aromatic carbocycles. The van der Waals surface area contributed by atoms with E-state index in [2.05, 4.69) is 5.32 Å². The maximum absolute atomic E-state index is 13.0. The molecule has 0 aromatic heterocycles. The molecule has 0 unspecified atom stereocenters. The summed E-state index contributed by atoms with van der Waals surface area (Å²) in [5.74, 6) is -0.918. The Morgan fingerprint density at radius 2 is 1.90 bits per heavy atom. The molecular weight excluding hydrogens is 409 g/mol. The predicted molar refractivity (Wildman–Crippen MR) is 111 cm³/mol. The third-order valence-electron chi connectivity index (χ3n) is 4.89. The van der Waals surface area contributed by atoms with Crippen molar-refractivity contribution in [3.8, 4) is 0 Å². The van der Waals surface area contributed by atoms with Crippen LogP contribution in [0.3, 0.4) is 0 Å². The van der Waals surface area contributed by atoms with Gasteiger partial charge in [0.25, 0.3) is 0 Å². The predicted octanol–water partition coefficient (Wildman–Crippen LogP) is 2.60. The van der Waals surface area contributed by atoms with Gasteiger partial charge in [0, 0.05) is 32.2 Å². The van der Waals surface area contributed by atoms with E-state index in [-0.39, 0.29) is 10.8 Å². The fourth-order valence-electron chi connectivity index (χ4n) is 3.27. The van der Waals surface area contributed by atoms with Gasteiger partial charge in [-0.1, -0.05) is 12.1 Å². The number of halogens is 1. The number of sulfonamides is 1. The summed E-state index contributed by atoms with van der Waals surface area (Å²) in [5.41, 5.74) is 1.41. The number of hydrogen-bond donors (Lipinski definition) is 1. The van der Waals surface area contributed by atoms with Gasteiger partial charge in [-0.25, -0.2) is 12.8 Å². The average Bonchev–Trinajstić information content (AvgIpc) is 2.70. The molecule has 160 valence electrons. The summed E-state index contributed by atoms with van der Waals surface area (Å²) < 4.78 is 39.0. The van der Waals surface area contributed by atoms with E-state index in [1.54, 1.807) is 23.1 Å². The summed E-state index contributed by atoms with van der Waals surface area (Å²) in [6.07, 6.45) is 2.46. The molecule has 1 aliphatic heterocycles. The van der Waals surface area contributed by atoms with Crippen LogP contribution in [0.15, 0.2) is 53.4 Å². The van der Waals surface area contributed by atoms with Crippen LogP contribution >= 0.6 is 0 Å². The van der Waals surface area contributed by atoms with E-state index in [1.807, 2.05) is 6.07 Å². The molecule has 0 aliphatic carbocycles. The van der Waals surface area contributed by atoms with Crippen molar-refractivity contribution < 1.29 is 22.4 Å². The van der Waals surface area contributed by atoms with E-state index in [4.69, 9.17) is 0 Å². The molecule has 0 spiro atoms. The highest BCUT2D eigenvalue weighted by atomic mass is 32.2. The number of benzene rings is 2. The Hall–Kier alpha value is -2.78. The summed E-state index contributed by atoms with van der Waals surface area (Å²) in [7, 11) is -2.63. The molecule has 2 aromatic rings. The summed E-state index contributed by atoms with van der Waals surface area (Å²) in [5, 5.41) is 2.69. The van der Waals surface area contributed by atoms with Crippen LogP contribution in [0.4, 0.5) is 10.1 Å². The topological polar surface area (TPSA) is 86.8 Å². The summed E-state index contributed by atoms with van der Waals surface area (Å²) in [6.45, 7) is 0.803. The minimum Gasteiger partial charge on any atom is -0.338 e. The van der Waals surface area contributed by atoms with Gasteiger partial charge in [-0.2, -0.15) is 4.31 Å². The molecule has 1 heterocycles. The smallest absolute Gasteiger partial charge is 0.243 e. The van der Waals surface area contributed by atoms with Gasteiger partial charge in [0.15, 0.2) is 0 Å². The van der Waals surface area contributed by atoms with Gasteiger partial charge >= 0.3 is 0 Å². The molecule has 30 heavy (non-hydrogen) atoms. The highest BCUT2D eigenvalue weighted by Crippen LogP contribution is 2.18. The number of likely N-dealkylation sites (tertiary alicyclic amines) is 1. The zero-order chi connectivity index (χ0) is 21.7. The second-order valence-electron chi connectivity index (χ2n) is 7.24. The zero-order valence-electron chi connectivity index (χ0n) is 16.7. The quantitative estimate of drug-likeness (QED) is 0.727. The molecule has 7 nitrogen and oxygen atoms in total. The number of nitrogens with zero attached hydrogens (tertiary/aromatic N) is 2. The van der Waals surface area contributed by atoms with Gasteiger partial charge in [0.1, 0.15) is 5.82 Å². The first-order valence-corrected chi connectivity index (χ1v) is 11.1. The monoisotopic (exact) mass is 433 g/mol. The molecule has 1 saturated heterocycles. The Labute approximate surface area is 175 Å². The third-order valence-corrected chi connectivity index (χ3v) is 6.71. The number of rotatable bonds is 7. The lowest BCUT2D eigenvalue weighted by molar-refractivity contribution is -0.133. The Morgan fingerprint density at radius 3 is 2.60 bits per heavy atom. The normalized spacial score (nSPS) is 14.8. The van der Waals surface area contributed by atoms with Crippen LogP contribution < -0.4 is 5.32 Å². The molecule has 0 bridgehead atoms. The number of likely N-dealkylation sites (N-methyl/N-ethyl adjacent to an activating group) is 1. The Bertz CT molecular complexity index is 1020. The number of nitrogens with one attached hydrogen (secondary N) is 1. The lowest BCUT2D eigenvalue weighted by Crippen LogP contribution is -2.35. The van der Waals surface area contributed by atoms with Crippen LogP contribution in [-0.4, -0.2) is 49.6 Å². The molecule has 9 heteroatoms. The third kappa shape index (κ3) is 5.43. The molecule has 3 rings (SSSR count). The van der Waals surface area contributed by atoms with E-state index in [1.165, 1.54) is 7.05 Å². The first-order valence-electron chi connectivity index (χ1n) is 9.64. The Kier molecular flexibility index (Phi) is 6.84. The standard InChI is InChI=1S/C21H24FN3O4S/c1-24(30(28,29)19-10-8-17(22)9-11-19)15-20(26)23-18-6-4-5-16(13-18)14-25-12-3-2-7-21(25)27/h4-6,8-11,13H,2-3,7,12,14-15H2,1H3,(H,23,26). The molecule has 0 saturated carbocycles. The maximum atomic E-state index is 13.0. The highest BCUT2D eigenvalue weighted by molar-refractivity contribution is 7.89. The van der Waals surface area contributed by atoms with E-state index in [9.17, 15) is 22.4 Å². The first kappa shape index (κ1) is 21.9. The molecule has 0 atom stereocenters. The van der Waals surface area contributed by atoms with Crippen LogP contribution in [0.1, 0.15) is 24.8 Å². The van der Waals surface area contributed by atoms with Crippen molar-refractivity contribution in [1.29, 1.82) is 0 Å². The van der Waals surface area contributed by atoms with Crippen molar-refractivity contribution in [2.45, 2.75) is 30.7 Å². The van der Waals surface area contributed by atoms with E-state index < -0.39 is 28.3 Å². The minimum absolute atomic E-state index is 0.0904. The number of amides is 2. The molecule has 1 fully saturated rings. The summed E-state index contributed by atoms with van der Waals surface area (Å²) in [6, 6.07) is 11.6. The van der Waals surface area contributed by atoms with Crippen LogP contribution in [0.5, 0.6) is 0 Å². The summed E-state index contributed by atoms with van der Waals surface area (Å²) >= 11 is 0. The van der Waals surface area contributed by atoms with Gasteiger partial charge in [-0.05, 0) is 54.8 Å². The van der Waals surface area contributed by atoms with Gasteiger partial charge in [0.2, 0.25) is 21.8 Å². The van der Waals surface area contributed by atoms with Crippen molar-refractivity contribution in [3.05, 3.63) is 59.9 Å². The number of hydrogen-bond acceptors (Lipinski definition) is 4. The van der Waals surface area contributed by atoms with Crippen molar-refractivity contribution in [3.63, 3.8) is 0 Å². The van der Waals surface area contributed by atoms with E-state index in [0.29, 0.717) is 18.7 Å². The van der Waals surface area contributed by atoms with Crippen LogP contribution in [0, 0.1) is 5.82 Å². The fourth-order valence-corrected chi connectivity index (χ4v) is 4.40. The van der Waals surface area contributed by atoms with Crippen molar-refractivity contribution in [2.75, 3.05) is 25.5 Å². The number of piperidine rings is 1. The Balaban J connectivity index is 1.61. The maximum Gasteiger partial charge on any atom is 0.243 e. The van der Waals surface area contributed by atoms with E-state index >= 15 is 0 Å². The molecule has 1 aliphatic rings. The number of carbonyl (C=O) groups excluding carboxylic acids is 2. The van der Waals surface area contributed by atoms with Crippen molar-refractivity contribution in [1.82, 2.24) is 9.21 Å². The van der Waals surface area contributed by atoms with Crippen LogP contribution in [0.25, 0.3) is 0 Å². The van der Waals surface area contributed by atoms with E-state index in [0.717, 1.165) is 53.5 Å². The van der Waals surface area contributed by atoms with Crippen LogP contribution in [0.2, 0.25) is 0 Å².